The molecule has 8 heteroatoms. The molecule has 0 saturated carbocycles. The van der Waals surface area contributed by atoms with Crippen molar-refractivity contribution in [3.05, 3.63) is 52.4 Å². The maximum atomic E-state index is 12.6. The minimum atomic E-state index is -0.347. The predicted octanol–water partition coefficient (Wildman–Crippen LogP) is 5.05. The molecule has 0 atom stereocenters. The Morgan fingerprint density at radius 2 is 2.04 bits per heavy atom. The van der Waals surface area contributed by atoms with E-state index < -0.39 is 0 Å². The van der Waals surface area contributed by atoms with Gasteiger partial charge in [0.15, 0.2) is 5.65 Å². The Kier molecular flexibility index (Phi) is 4.09. The molecule has 4 rings (SSSR count). The summed E-state index contributed by atoms with van der Waals surface area (Å²) >= 11 is 12.3. The lowest BCUT2D eigenvalue weighted by atomic mass is 10.2. The van der Waals surface area contributed by atoms with Crippen molar-refractivity contribution in [3.8, 4) is 0 Å². The Labute approximate surface area is 159 Å². The summed E-state index contributed by atoms with van der Waals surface area (Å²) < 4.78 is 1.83. The second-order valence-electron chi connectivity index (χ2n) is 6.28. The lowest BCUT2D eigenvalue weighted by Gasteiger charge is -2.07. The van der Waals surface area contributed by atoms with Crippen molar-refractivity contribution in [1.29, 1.82) is 0 Å². The van der Waals surface area contributed by atoms with Gasteiger partial charge in [0.25, 0.3) is 5.91 Å². The molecular formula is C18H15Cl2N5O. The highest BCUT2D eigenvalue weighted by Gasteiger charge is 2.17. The molecule has 3 heterocycles. The first-order chi connectivity index (χ1) is 12.4. The topological polar surface area (TPSA) is 75.6 Å². The van der Waals surface area contributed by atoms with Crippen LogP contribution in [0.5, 0.6) is 0 Å². The van der Waals surface area contributed by atoms with E-state index in [-0.39, 0.29) is 17.6 Å². The zero-order chi connectivity index (χ0) is 18.4. The minimum Gasteiger partial charge on any atom is -0.349 e. The Hall–Kier alpha value is -2.57. The summed E-state index contributed by atoms with van der Waals surface area (Å²) in [5.74, 6) is -0.347. The van der Waals surface area contributed by atoms with Gasteiger partial charge in [-0.25, -0.2) is 9.67 Å². The number of amides is 1. The third kappa shape index (κ3) is 2.81. The standard InChI is InChI=1S/C18H15Cl2N5O/c1-9(2)25-17-10(7-22-25)5-12(8-21-17)23-18(26)16-15(20)13-6-11(19)3-4-14(13)24-16/h3-9,24H,1-2H3,(H,23,26). The largest absolute Gasteiger partial charge is 0.349 e. The van der Waals surface area contributed by atoms with Crippen molar-refractivity contribution in [1.82, 2.24) is 19.7 Å². The van der Waals surface area contributed by atoms with Crippen LogP contribution in [0.25, 0.3) is 21.9 Å². The molecule has 0 unspecified atom stereocenters. The maximum Gasteiger partial charge on any atom is 0.273 e. The van der Waals surface area contributed by atoms with Gasteiger partial charge in [-0.3, -0.25) is 4.79 Å². The molecule has 0 fully saturated rings. The molecule has 6 nitrogen and oxygen atoms in total. The molecule has 0 saturated heterocycles. The fourth-order valence-electron chi connectivity index (χ4n) is 2.87. The monoisotopic (exact) mass is 387 g/mol. The Balaban J connectivity index is 1.66. The number of nitrogens with one attached hydrogen (secondary N) is 2. The number of hydrogen-bond acceptors (Lipinski definition) is 3. The summed E-state index contributed by atoms with van der Waals surface area (Å²) in [6.07, 6.45) is 3.34. The number of H-pyrrole nitrogens is 1. The van der Waals surface area contributed by atoms with Crippen LogP contribution in [0.4, 0.5) is 5.69 Å². The van der Waals surface area contributed by atoms with Crippen LogP contribution in [0, 0.1) is 0 Å². The van der Waals surface area contributed by atoms with Crippen molar-refractivity contribution in [2.24, 2.45) is 0 Å². The third-order valence-corrected chi connectivity index (χ3v) is 4.73. The second kappa shape index (κ2) is 6.30. The van der Waals surface area contributed by atoms with Crippen LogP contribution in [0.1, 0.15) is 30.4 Å². The molecule has 0 bridgehead atoms. The molecule has 0 radical (unpaired) electrons. The molecule has 0 aliphatic rings. The zero-order valence-corrected chi connectivity index (χ0v) is 15.6. The van der Waals surface area contributed by atoms with Gasteiger partial charge in [-0.15, -0.1) is 0 Å². The SMILES string of the molecule is CC(C)n1ncc2cc(NC(=O)c3[nH]c4ccc(Cl)cc4c3Cl)cnc21. The number of carbonyl (C=O) groups is 1. The van der Waals surface area contributed by atoms with Crippen molar-refractivity contribution < 1.29 is 4.79 Å². The highest BCUT2D eigenvalue weighted by Crippen LogP contribution is 2.30. The second-order valence-corrected chi connectivity index (χ2v) is 7.09. The number of nitrogens with zero attached hydrogens (tertiary/aromatic N) is 3. The van der Waals surface area contributed by atoms with Crippen LogP contribution in [-0.2, 0) is 0 Å². The molecule has 26 heavy (non-hydrogen) atoms. The Morgan fingerprint density at radius 1 is 1.23 bits per heavy atom. The number of hydrogen-bond donors (Lipinski definition) is 2. The normalized spacial score (nSPS) is 11.6. The lowest BCUT2D eigenvalue weighted by molar-refractivity contribution is 0.102. The molecule has 0 aliphatic heterocycles. The van der Waals surface area contributed by atoms with Gasteiger partial charge >= 0.3 is 0 Å². The van der Waals surface area contributed by atoms with E-state index in [0.29, 0.717) is 21.1 Å². The fourth-order valence-corrected chi connectivity index (χ4v) is 3.33. The number of aromatic amines is 1. The number of benzene rings is 1. The third-order valence-electron chi connectivity index (χ3n) is 4.10. The molecule has 132 valence electrons. The van der Waals surface area contributed by atoms with Crippen LogP contribution in [-0.4, -0.2) is 25.7 Å². The van der Waals surface area contributed by atoms with Gasteiger partial charge in [0.2, 0.25) is 0 Å². The quantitative estimate of drug-likeness (QED) is 0.516. The molecule has 2 N–H and O–H groups in total. The highest BCUT2D eigenvalue weighted by molar-refractivity contribution is 6.40. The van der Waals surface area contributed by atoms with E-state index in [4.69, 9.17) is 23.2 Å². The first-order valence-electron chi connectivity index (χ1n) is 8.05. The van der Waals surface area contributed by atoms with E-state index in [0.717, 1.165) is 16.6 Å². The molecule has 4 aromatic rings. The van der Waals surface area contributed by atoms with Crippen LogP contribution in [0.15, 0.2) is 36.7 Å². The van der Waals surface area contributed by atoms with E-state index >= 15 is 0 Å². The average Bonchev–Trinajstić information content (AvgIpc) is 3.16. The molecule has 3 aromatic heterocycles. The number of pyridine rings is 1. The lowest BCUT2D eigenvalue weighted by Crippen LogP contribution is -2.13. The highest BCUT2D eigenvalue weighted by atomic mass is 35.5. The van der Waals surface area contributed by atoms with E-state index in [2.05, 4.69) is 20.4 Å². The summed E-state index contributed by atoms with van der Waals surface area (Å²) in [5, 5.41) is 9.59. The Bertz CT molecular complexity index is 1150. The minimum absolute atomic E-state index is 0.206. The van der Waals surface area contributed by atoms with Gasteiger partial charge in [0.1, 0.15) is 5.69 Å². The van der Waals surface area contributed by atoms with E-state index in [1.54, 1.807) is 30.6 Å². The van der Waals surface area contributed by atoms with Gasteiger partial charge in [0, 0.05) is 27.4 Å². The summed E-state index contributed by atoms with van der Waals surface area (Å²) in [6.45, 7) is 4.07. The van der Waals surface area contributed by atoms with Gasteiger partial charge < -0.3 is 10.3 Å². The number of aromatic nitrogens is 4. The zero-order valence-electron chi connectivity index (χ0n) is 14.0. The smallest absolute Gasteiger partial charge is 0.273 e. The van der Waals surface area contributed by atoms with Gasteiger partial charge in [-0.2, -0.15) is 5.10 Å². The first kappa shape index (κ1) is 16.9. The number of halogens is 2. The number of carbonyl (C=O) groups excluding carboxylic acids is 1. The van der Waals surface area contributed by atoms with E-state index in [1.165, 1.54) is 0 Å². The van der Waals surface area contributed by atoms with Crippen molar-refractivity contribution in [2.45, 2.75) is 19.9 Å². The van der Waals surface area contributed by atoms with Crippen molar-refractivity contribution in [2.75, 3.05) is 5.32 Å². The Morgan fingerprint density at radius 3 is 2.81 bits per heavy atom. The maximum absolute atomic E-state index is 12.6. The molecular weight excluding hydrogens is 373 g/mol. The van der Waals surface area contributed by atoms with E-state index in [9.17, 15) is 4.79 Å². The van der Waals surface area contributed by atoms with Crippen LogP contribution in [0.2, 0.25) is 10.0 Å². The van der Waals surface area contributed by atoms with Gasteiger partial charge in [-0.05, 0) is 38.1 Å². The van der Waals surface area contributed by atoms with Gasteiger partial charge in [0.05, 0.1) is 23.1 Å². The van der Waals surface area contributed by atoms with Gasteiger partial charge in [-0.1, -0.05) is 23.2 Å². The summed E-state index contributed by atoms with van der Waals surface area (Å²) in [6, 6.07) is 7.29. The van der Waals surface area contributed by atoms with Crippen LogP contribution in [0.3, 0.4) is 0 Å². The molecule has 0 aliphatic carbocycles. The number of anilines is 1. The van der Waals surface area contributed by atoms with E-state index in [1.807, 2.05) is 24.6 Å². The van der Waals surface area contributed by atoms with Crippen molar-refractivity contribution >= 4 is 56.7 Å². The number of rotatable bonds is 3. The first-order valence-corrected chi connectivity index (χ1v) is 8.81. The molecule has 1 amide bonds. The average molecular weight is 388 g/mol. The summed E-state index contributed by atoms with van der Waals surface area (Å²) in [5.41, 5.74) is 2.37. The summed E-state index contributed by atoms with van der Waals surface area (Å²) in [7, 11) is 0. The van der Waals surface area contributed by atoms with Crippen molar-refractivity contribution in [3.63, 3.8) is 0 Å². The van der Waals surface area contributed by atoms with Crippen LogP contribution >= 0.6 is 23.2 Å². The fraction of sp³-hybridized carbons (Fsp3) is 0.167. The van der Waals surface area contributed by atoms with Crippen LogP contribution < -0.4 is 5.32 Å². The number of fused-ring (bicyclic) bond motifs is 2. The summed E-state index contributed by atoms with van der Waals surface area (Å²) in [4.78, 5) is 20.1. The predicted molar refractivity (Wildman–Crippen MR) is 104 cm³/mol. The molecule has 0 spiro atoms. The molecule has 1 aromatic carbocycles.